The van der Waals surface area contributed by atoms with E-state index in [0.717, 1.165) is 22.8 Å². The largest absolute Gasteiger partial charge is 0.260 e. The number of pyridine rings is 4. The molecule has 0 fully saturated rings. The third kappa shape index (κ3) is 1.56. The van der Waals surface area contributed by atoms with Gasteiger partial charge in [-0.1, -0.05) is 24.3 Å². The lowest BCUT2D eigenvalue weighted by atomic mass is 9.45. The van der Waals surface area contributed by atoms with Crippen LogP contribution in [0.2, 0.25) is 0 Å². The molecule has 4 heterocycles. The summed E-state index contributed by atoms with van der Waals surface area (Å²) in [7, 11) is 0. The lowest BCUT2D eigenvalue weighted by Crippen LogP contribution is -2.57. The van der Waals surface area contributed by atoms with E-state index in [1.54, 1.807) is 0 Å². The molecule has 6 aliphatic rings. The van der Waals surface area contributed by atoms with Crippen LogP contribution in [-0.4, -0.2) is 19.9 Å². The summed E-state index contributed by atoms with van der Waals surface area (Å²) in [5.74, 6) is 0.280. The minimum absolute atomic E-state index is 0.140. The second-order valence-corrected chi connectivity index (χ2v) is 8.97. The van der Waals surface area contributed by atoms with Gasteiger partial charge < -0.3 is 0 Å². The van der Waals surface area contributed by atoms with Crippen LogP contribution >= 0.6 is 0 Å². The Morgan fingerprint density at radius 3 is 1.03 bits per heavy atom. The predicted molar refractivity (Wildman–Crippen MR) is 114 cm³/mol. The zero-order valence-corrected chi connectivity index (χ0v) is 16.9. The van der Waals surface area contributed by atoms with E-state index in [9.17, 15) is 0 Å². The summed E-state index contributed by atoms with van der Waals surface area (Å²) in [4.78, 5) is 20.0. The van der Waals surface area contributed by atoms with Crippen LogP contribution in [-0.2, 0) is 10.8 Å². The highest BCUT2D eigenvalue weighted by Crippen LogP contribution is 2.66. The van der Waals surface area contributed by atoms with Crippen LogP contribution in [0.25, 0.3) is 0 Å². The normalized spacial score (nSPS) is 29.3. The summed E-state index contributed by atoms with van der Waals surface area (Å²) in [6.45, 7) is 4.59. The molecule has 0 aliphatic heterocycles. The Hall–Kier alpha value is -3.40. The molecule has 0 radical (unpaired) electrons. The van der Waals surface area contributed by atoms with Crippen LogP contribution in [0.3, 0.4) is 0 Å². The van der Waals surface area contributed by atoms with Gasteiger partial charge in [-0.05, 0) is 60.4 Å². The fraction of sp³-hybridized carbons (Fsp3) is 0.231. The fourth-order valence-corrected chi connectivity index (χ4v) is 6.57. The van der Waals surface area contributed by atoms with Crippen LogP contribution in [0.4, 0.5) is 0 Å². The average Bonchev–Trinajstić information content (AvgIpc) is 2.80. The average molecular weight is 388 g/mol. The number of rotatable bonds is 0. The Labute approximate surface area is 175 Å². The lowest BCUT2D eigenvalue weighted by Gasteiger charge is -2.57. The Balaban J connectivity index is 1.77. The quantitative estimate of drug-likeness (QED) is 0.446. The third-order valence-corrected chi connectivity index (χ3v) is 7.92. The minimum Gasteiger partial charge on any atom is -0.260 e. The van der Waals surface area contributed by atoms with Gasteiger partial charge in [-0.15, -0.1) is 0 Å². The highest BCUT2D eigenvalue weighted by atomic mass is 14.9. The van der Waals surface area contributed by atoms with Gasteiger partial charge in [0.1, 0.15) is 0 Å². The van der Waals surface area contributed by atoms with Crippen molar-refractivity contribution >= 4 is 0 Å². The Kier molecular flexibility index (Phi) is 2.84. The van der Waals surface area contributed by atoms with E-state index >= 15 is 0 Å². The number of hydrogen-bond donors (Lipinski definition) is 0. The summed E-state index contributed by atoms with van der Waals surface area (Å²) in [5, 5.41) is 0. The minimum atomic E-state index is -0.492. The maximum absolute atomic E-state index is 4.99. The van der Waals surface area contributed by atoms with Crippen molar-refractivity contribution in [1.29, 1.82) is 0 Å². The molecule has 0 unspecified atom stereocenters. The number of hydrogen-bond acceptors (Lipinski definition) is 4. The van der Waals surface area contributed by atoms with Gasteiger partial charge in [-0.2, -0.15) is 0 Å². The first-order chi connectivity index (χ1) is 14.7. The van der Waals surface area contributed by atoms with Crippen LogP contribution in [0, 0.1) is 0 Å². The molecule has 6 aliphatic carbocycles. The molecule has 0 aromatic carbocycles. The summed E-state index contributed by atoms with van der Waals surface area (Å²) < 4.78 is 0. The molecule has 4 aromatic rings. The first kappa shape index (κ1) is 16.4. The van der Waals surface area contributed by atoms with Gasteiger partial charge >= 0.3 is 0 Å². The molecule has 4 aromatic heterocycles. The predicted octanol–water partition coefficient (Wildman–Crippen LogP) is 4.48. The molecule has 144 valence electrons. The monoisotopic (exact) mass is 388 g/mol. The second-order valence-electron chi connectivity index (χ2n) is 8.97. The Morgan fingerprint density at radius 1 is 0.500 bits per heavy atom. The maximum Gasteiger partial charge on any atom is 0.0690 e. The van der Waals surface area contributed by atoms with Crippen molar-refractivity contribution in [3.8, 4) is 0 Å². The zero-order chi connectivity index (χ0) is 20.1. The molecule has 0 saturated carbocycles. The topological polar surface area (TPSA) is 51.6 Å². The standard InChI is InChI=1S/C26H20N4/c1-25-21-15(7-3-11-27-21)19(16-8-4-12-28-22(16)25)20-17-9-5-13-29-23(17)26(25,2)24-18(20)10-6-14-30-24/h3-14,19-20H,1-2H3. The van der Waals surface area contributed by atoms with E-state index in [1.807, 2.05) is 24.8 Å². The molecule has 0 N–H and O–H groups in total. The van der Waals surface area contributed by atoms with Crippen molar-refractivity contribution in [3.05, 3.63) is 118 Å². The molecule has 0 saturated heterocycles. The SMILES string of the molecule is CC12c3ncccc3C(c3cccnc31)C1c3cccnc3C2(C)c2ncccc21. The van der Waals surface area contributed by atoms with Gasteiger partial charge in [-0.25, -0.2) is 0 Å². The van der Waals surface area contributed by atoms with Crippen LogP contribution in [0.1, 0.15) is 70.7 Å². The molecule has 0 amide bonds. The van der Waals surface area contributed by atoms with Gasteiger partial charge in [-0.3, -0.25) is 19.9 Å². The molecule has 0 spiro atoms. The van der Waals surface area contributed by atoms with E-state index in [4.69, 9.17) is 19.9 Å². The Bertz CT molecular complexity index is 1160. The van der Waals surface area contributed by atoms with E-state index < -0.39 is 10.8 Å². The fourth-order valence-electron chi connectivity index (χ4n) is 6.57. The maximum atomic E-state index is 4.99. The number of nitrogens with zero attached hydrogens (tertiary/aromatic N) is 4. The summed E-state index contributed by atoms with van der Waals surface area (Å²) >= 11 is 0. The van der Waals surface area contributed by atoms with Gasteiger partial charge in [0.2, 0.25) is 0 Å². The van der Waals surface area contributed by atoms with Crippen LogP contribution in [0.15, 0.2) is 73.3 Å². The van der Waals surface area contributed by atoms with Crippen molar-refractivity contribution < 1.29 is 0 Å². The first-order valence-corrected chi connectivity index (χ1v) is 10.5. The Morgan fingerprint density at radius 2 is 0.767 bits per heavy atom. The third-order valence-electron chi connectivity index (χ3n) is 7.92. The highest BCUT2D eigenvalue weighted by molar-refractivity contribution is 5.68. The van der Waals surface area contributed by atoms with E-state index in [2.05, 4.69) is 62.4 Å². The summed E-state index contributed by atoms with van der Waals surface area (Å²) in [6.07, 6.45) is 7.66. The molecular formula is C26H20N4. The second kappa shape index (κ2) is 5.20. The molecule has 0 atom stereocenters. The first-order valence-electron chi connectivity index (χ1n) is 10.5. The van der Waals surface area contributed by atoms with Gasteiger partial charge in [0.15, 0.2) is 0 Å². The van der Waals surface area contributed by atoms with Crippen molar-refractivity contribution in [3.63, 3.8) is 0 Å². The van der Waals surface area contributed by atoms with Crippen LogP contribution < -0.4 is 0 Å². The summed E-state index contributed by atoms with van der Waals surface area (Å²) in [5.41, 5.74) is 8.69. The molecule has 10 rings (SSSR count). The smallest absolute Gasteiger partial charge is 0.0690 e. The van der Waals surface area contributed by atoms with Crippen molar-refractivity contribution in [2.24, 2.45) is 0 Å². The van der Waals surface area contributed by atoms with E-state index in [1.165, 1.54) is 22.3 Å². The van der Waals surface area contributed by atoms with Gasteiger partial charge in [0.25, 0.3) is 0 Å². The number of aromatic nitrogens is 4. The van der Waals surface area contributed by atoms with Crippen molar-refractivity contribution in [2.45, 2.75) is 36.5 Å². The molecule has 4 bridgehead atoms. The van der Waals surface area contributed by atoms with Crippen LogP contribution in [0.5, 0.6) is 0 Å². The molecular weight excluding hydrogens is 368 g/mol. The molecule has 30 heavy (non-hydrogen) atoms. The summed E-state index contributed by atoms with van der Waals surface area (Å²) in [6, 6.07) is 17.3. The zero-order valence-electron chi connectivity index (χ0n) is 16.9. The highest BCUT2D eigenvalue weighted by Gasteiger charge is 2.64. The molecule has 4 nitrogen and oxygen atoms in total. The van der Waals surface area contributed by atoms with Crippen molar-refractivity contribution in [1.82, 2.24) is 19.9 Å². The lowest BCUT2D eigenvalue weighted by molar-refractivity contribution is 0.282. The van der Waals surface area contributed by atoms with E-state index in [-0.39, 0.29) is 11.8 Å². The van der Waals surface area contributed by atoms with Gasteiger partial charge in [0.05, 0.1) is 33.6 Å². The van der Waals surface area contributed by atoms with E-state index in [0.29, 0.717) is 0 Å². The van der Waals surface area contributed by atoms with Crippen molar-refractivity contribution in [2.75, 3.05) is 0 Å². The molecule has 4 heteroatoms. The van der Waals surface area contributed by atoms with Gasteiger partial charge in [0, 0.05) is 36.6 Å².